The van der Waals surface area contributed by atoms with Crippen molar-refractivity contribution in [2.24, 2.45) is 11.7 Å². The van der Waals surface area contributed by atoms with Crippen LogP contribution in [0.4, 0.5) is 0 Å². The van der Waals surface area contributed by atoms with Gasteiger partial charge in [-0.05, 0) is 32.7 Å². The van der Waals surface area contributed by atoms with E-state index in [0.717, 1.165) is 23.5 Å². The third kappa shape index (κ3) is 3.53. The van der Waals surface area contributed by atoms with Crippen molar-refractivity contribution < 1.29 is 0 Å². The van der Waals surface area contributed by atoms with Crippen molar-refractivity contribution >= 4 is 11.3 Å². The molecule has 2 rings (SSSR count). The number of rotatable bonds is 4. The van der Waals surface area contributed by atoms with Crippen LogP contribution in [0.5, 0.6) is 0 Å². The average Bonchev–Trinajstić information content (AvgIpc) is 2.77. The highest BCUT2D eigenvalue weighted by Gasteiger charge is 2.22. The van der Waals surface area contributed by atoms with Crippen LogP contribution in [-0.4, -0.2) is 23.0 Å². The smallest absolute Gasteiger partial charge is 0.109 e. The zero-order valence-corrected chi connectivity index (χ0v) is 12.5. The summed E-state index contributed by atoms with van der Waals surface area (Å²) in [7, 11) is 2.23. The van der Waals surface area contributed by atoms with E-state index >= 15 is 0 Å². The third-order valence-corrected chi connectivity index (χ3v) is 5.00. The maximum Gasteiger partial charge on any atom is 0.109 e. The van der Waals surface area contributed by atoms with Crippen molar-refractivity contribution in [3.05, 3.63) is 16.1 Å². The highest BCUT2D eigenvalue weighted by molar-refractivity contribution is 7.09. The van der Waals surface area contributed by atoms with Gasteiger partial charge in [0.25, 0.3) is 0 Å². The molecular formula is C14H25N3S. The van der Waals surface area contributed by atoms with Crippen LogP contribution < -0.4 is 5.73 Å². The van der Waals surface area contributed by atoms with E-state index < -0.39 is 0 Å². The monoisotopic (exact) mass is 267 g/mol. The second-order valence-corrected chi connectivity index (χ2v) is 6.70. The van der Waals surface area contributed by atoms with Gasteiger partial charge >= 0.3 is 0 Å². The summed E-state index contributed by atoms with van der Waals surface area (Å²) in [6.45, 7) is 5.33. The van der Waals surface area contributed by atoms with Crippen LogP contribution in [0.25, 0.3) is 0 Å². The van der Waals surface area contributed by atoms with Gasteiger partial charge in [-0.1, -0.05) is 19.8 Å². The van der Waals surface area contributed by atoms with Gasteiger partial charge in [-0.25, -0.2) is 4.98 Å². The molecule has 0 radical (unpaired) electrons. The maximum atomic E-state index is 5.85. The van der Waals surface area contributed by atoms with Crippen molar-refractivity contribution in [3.8, 4) is 0 Å². The molecule has 3 atom stereocenters. The van der Waals surface area contributed by atoms with Crippen molar-refractivity contribution in [2.75, 3.05) is 7.05 Å². The van der Waals surface area contributed by atoms with Crippen LogP contribution in [0.2, 0.25) is 0 Å². The number of hydrogen-bond acceptors (Lipinski definition) is 4. The number of aromatic nitrogens is 1. The molecule has 0 bridgehead atoms. The molecule has 0 saturated heterocycles. The van der Waals surface area contributed by atoms with Gasteiger partial charge in [0.05, 0.1) is 11.7 Å². The van der Waals surface area contributed by atoms with Crippen LogP contribution in [0.1, 0.15) is 56.3 Å². The molecule has 2 N–H and O–H groups in total. The van der Waals surface area contributed by atoms with E-state index in [1.165, 1.54) is 31.4 Å². The lowest BCUT2D eigenvalue weighted by atomic mass is 9.86. The van der Waals surface area contributed by atoms with Crippen LogP contribution in [-0.2, 0) is 6.54 Å². The van der Waals surface area contributed by atoms with Crippen LogP contribution in [0, 0.1) is 5.92 Å². The summed E-state index contributed by atoms with van der Waals surface area (Å²) < 4.78 is 0. The predicted molar refractivity (Wildman–Crippen MR) is 77.6 cm³/mol. The number of nitrogens with zero attached hydrogens (tertiary/aromatic N) is 2. The molecule has 102 valence electrons. The molecule has 0 aliphatic heterocycles. The Labute approximate surface area is 114 Å². The van der Waals surface area contributed by atoms with E-state index in [1.807, 2.05) is 6.92 Å². The second-order valence-electron chi connectivity index (χ2n) is 5.81. The fourth-order valence-electron chi connectivity index (χ4n) is 2.79. The Morgan fingerprint density at radius 2 is 2.33 bits per heavy atom. The molecule has 1 saturated carbocycles. The summed E-state index contributed by atoms with van der Waals surface area (Å²) in [6, 6.07) is 0.790. The first-order valence-electron chi connectivity index (χ1n) is 6.96. The van der Waals surface area contributed by atoms with Gasteiger partial charge in [-0.2, -0.15) is 0 Å². The van der Waals surface area contributed by atoms with Crippen molar-refractivity contribution in [3.63, 3.8) is 0 Å². The molecule has 4 heteroatoms. The first-order chi connectivity index (χ1) is 8.56. The van der Waals surface area contributed by atoms with Crippen molar-refractivity contribution in [1.29, 1.82) is 0 Å². The van der Waals surface area contributed by atoms with E-state index in [4.69, 9.17) is 5.73 Å². The van der Waals surface area contributed by atoms with E-state index in [-0.39, 0.29) is 6.04 Å². The standard InChI is InChI=1S/C14H25N3S/c1-10-5-4-6-13(7-10)17(3)8-12-9-18-14(16-12)11(2)15/h9-11,13H,4-8,15H2,1-3H3. The normalized spacial score (nSPS) is 26.5. The zero-order chi connectivity index (χ0) is 13.1. The Morgan fingerprint density at radius 1 is 1.56 bits per heavy atom. The van der Waals surface area contributed by atoms with Crippen molar-refractivity contribution in [1.82, 2.24) is 9.88 Å². The third-order valence-electron chi connectivity index (χ3n) is 3.90. The Hall–Kier alpha value is -0.450. The van der Waals surface area contributed by atoms with Gasteiger partial charge in [-0.3, -0.25) is 4.90 Å². The lowest BCUT2D eigenvalue weighted by Crippen LogP contribution is -2.35. The lowest BCUT2D eigenvalue weighted by molar-refractivity contribution is 0.156. The second kappa shape index (κ2) is 6.13. The summed E-state index contributed by atoms with van der Waals surface area (Å²) >= 11 is 1.68. The highest BCUT2D eigenvalue weighted by atomic mass is 32.1. The van der Waals surface area contributed by atoms with Crippen LogP contribution >= 0.6 is 11.3 Å². The minimum absolute atomic E-state index is 0.0590. The summed E-state index contributed by atoms with van der Waals surface area (Å²) in [5.74, 6) is 0.876. The minimum atomic E-state index is 0.0590. The molecular weight excluding hydrogens is 242 g/mol. The van der Waals surface area contributed by atoms with E-state index in [1.54, 1.807) is 11.3 Å². The number of thiazole rings is 1. The Bertz CT molecular complexity index is 375. The van der Waals surface area contributed by atoms with E-state index in [0.29, 0.717) is 0 Å². The maximum absolute atomic E-state index is 5.85. The van der Waals surface area contributed by atoms with Gasteiger partial charge < -0.3 is 5.73 Å². The van der Waals surface area contributed by atoms with E-state index in [9.17, 15) is 0 Å². The summed E-state index contributed by atoms with van der Waals surface area (Å²) in [5.41, 5.74) is 7.03. The van der Waals surface area contributed by atoms with Gasteiger partial charge in [0.2, 0.25) is 0 Å². The molecule has 1 aliphatic carbocycles. The van der Waals surface area contributed by atoms with Gasteiger partial charge in [0.15, 0.2) is 0 Å². The molecule has 3 nitrogen and oxygen atoms in total. The quantitative estimate of drug-likeness (QED) is 0.911. The number of hydrogen-bond donors (Lipinski definition) is 1. The molecule has 1 fully saturated rings. The predicted octanol–water partition coefficient (Wildman–Crippen LogP) is 3.17. The van der Waals surface area contributed by atoms with E-state index in [2.05, 4.69) is 29.2 Å². The SMILES string of the molecule is CC1CCCC(N(C)Cc2csc(C(C)N)n2)C1. The summed E-state index contributed by atoms with van der Waals surface area (Å²) in [6.07, 6.45) is 5.44. The first-order valence-corrected chi connectivity index (χ1v) is 7.84. The molecule has 1 aromatic rings. The fraction of sp³-hybridized carbons (Fsp3) is 0.786. The topological polar surface area (TPSA) is 42.1 Å². The molecule has 18 heavy (non-hydrogen) atoms. The largest absolute Gasteiger partial charge is 0.322 e. The zero-order valence-electron chi connectivity index (χ0n) is 11.7. The van der Waals surface area contributed by atoms with Crippen LogP contribution in [0.3, 0.4) is 0 Å². The minimum Gasteiger partial charge on any atom is -0.322 e. The van der Waals surface area contributed by atoms with Gasteiger partial charge in [0, 0.05) is 18.0 Å². The molecule has 0 spiro atoms. The van der Waals surface area contributed by atoms with Crippen molar-refractivity contribution in [2.45, 2.75) is 58.2 Å². The summed E-state index contributed by atoms with van der Waals surface area (Å²) in [4.78, 5) is 7.08. The molecule has 1 heterocycles. The summed E-state index contributed by atoms with van der Waals surface area (Å²) in [5, 5.41) is 3.21. The van der Waals surface area contributed by atoms with Gasteiger partial charge in [-0.15, -0.1) is 11.3 Å². The Morgan fingerprint density at radius 3 is 2.94 bits per heavy atom. The first kappa shape index (κ1) is 14.0. The molecule has 0 aromatic carbocycles. The highest BCUT2D eigenvalue weighted by Crippen LogP contribution is 2.27. The fourth-order valence-corrected chi connectivity index (χ4v) is 3.56. The van der Waals surface area contributed by atoms with Gasteiger partial charge in [0.1, 0.15) is 5.01 Å². The molecule has 1 aromatic heterocycles. The number of nitrogens with two attached hydrogens (primary N) is 1. The lowest BCUT2D eigenvalue weighted by Gasteiger charge is -2.33. The Balaban J connectivity index is 1.91. The van der Waals surface area contributed by atoms with Crippen LogP contribution in [0.15, 0.2) is 5.38 Å². The molecule has 0 amide bonds. The molecule has 3 unspecified atom stereocenters. The average molecular weight is 267 g/mol. The molecule has 1 aliphatic rings. The Kier molecular flexibility index (Phi) is 4.76.